The number of allylic oxidation sites excluding steroid dienone is 1. The Morgan fingerprint density at radius 3 is 2.18 bits per heavy atom. The van der Waals surface area contributed by atoms with E-state index in [-0.39, 0.29) is 24.7 Å². The molecular formula is C5H5Cl2FeN3. The zero-order chi connectivity index (χ0) is 8.69. The molecule has 0 aromatic heterocycles. The molecule has 2 N–H and O–H groups in total. The number of amidine groups is 1. The molecule has 11 heavy (non-hydrogen) atoms. The van der Waals surface area contributed by atoms with Gasteiger partial charge in [-0.3, -0.25) is 10.8 Å². The van der Waals surface area contributed by atoms with Gasteiger partial charge in [-0.2, -0.15) is 0 Å². The molecule has 0 saturated carbocycles. The van der Waals surface area contributed by atoms with E-state index in [9.17, 15) is 0 Å². The van der Waals surface area contributed by atoms with Crippen molar-refractivity contribution in [1.29, 1.82) is 10.8 Å². The Labute approximate surface area is 79.1 Å². The number of halogens is 2. The molecule has 0 aromatic carbocycles. The quantitative estimate of drug-likeness (QED) is 0.602. The zero-order valence-corrected chi connectivity index (χ0v) is 7.90. The Bertz CT molecular complexity index is 190. The maximum absolute atomic E-state index is 6.97. The minimum atomic E-state index is 0.0347. The van der Waals surface area contributed by atoms with Crippen molar-refractivity contribution < 1.29 is 13.1 Å². The summed E-state index contributed by atoms with van der Waals surface area (Å²) in [6.07, 6.45) is 4.68. The van der Waals surface area contributed by atoms with Gasteiger partial charge in [-0.25, -0.2) is 4.99 Å². The summed E-state index contributed by atoms with van der Waals surface area (Å²) in [6, 6.07) is 0. The van der Waals surface area contributed by atoms with E-state index in [1.54, 1.807) is 6.08 Å². The van der Waals surface area contributed by atoms with Crippen molar-refractivity contribution in [3.63, 3.8) is 0 Å². The van der Waals surface area contributed by atoms with Gasteiger partial charge in [0.25, 0.3) is 0 Å². The molecule has 1 rings (SSSR count). The van der Waals surface area contributed by atoms with E-state index in [0.29, 0.717) is 0 Å². The molecule has 0 aliphatic carbocycles. The fraction of sp³-hybridized carbons (Fsp3) is 0. The van der Waals surface area contributed by atoms with Crippen LogP contribution in [-0.2, 0) is 13.1 Å². The molecule has 1 aliphatic heterocycles. The molecule has 0 aromatic rings. The number of nitrogens with one attached hydrogen (secondary N) is 2. The van der Waals surface area contributed by atoms with Crippen molar-refractivity contribution in [1.82, 2.24) is 0 Å². The Morgan fingerprint density at radius 2 is 1.91 bits per heavy atom. The number of hydrogen-bond acceptors (Lipinski definition) is 2. The summed E-state index contributed by atoms with van der Waals surface area (Å²) >= 11 is 0.194. The van der Waals surface area contributed by atoms with Crippen LogP contribution in [0.4, 0.5) is 0 Å². The number of hydrogen-bond donors (Lipinski definition) is 2. The van der Waals surface area contributed by atoms with Crippen LogP contribution in [0.3, 0.4) is 0 Å². The summed E-state index contributed by atoms with van der Waals surface area (Å²) in [7, 11) is 9.53. The van der Waals surface area contributed by atoms with Crippen molar-refractivity contribution >= 4 is 38.0 Å². The maximum atomic E-state index is 6.97. The average Bonchev–Trinajstić information content (AvgIpc) is 1.97. The summed E-state index contributed by atoms with van der Waals surface area (Å²) in [6.45, 7) is 0. The third-order valence-electron chi connectivity index (χ3n) is 0.808. The first-order valence-corrected chi connectivity index (χ1v) is 5.49. The van der Waals surface area contributed by atoms with E-state index in [0.717, 1.165) is 0 Å². The Kier molecular flexibility index (Phi) is 6.46. The summed E-state index contributed by atoms with van der Waals surface area (Å²) in [5.74, 6) is 0.0347. The summed E-state index contributed by atoms with van der Waals surface area (Å²) in [5.41, 5.74) is 0.174. The molecule has 3 nitrogen and oxygen atoms in total. The first-order chi connectivity index (χ1) is 5.22. The summed E-state index contributed by atoms with van der Waals surface area (Å²) in [5, 5.41) is 13.9. The van der Waals surface area contributed by atoms with Crippen molar-refractivity contribution in [2.24, 2.45) is 4.99 Å². The van der Waals surface area contributed by atoms with Crippen LogP contribution in [0.15, 0.2) is 17.1 Å². The van der Waals surface area contributed by atoms with Gasteiger partial charge < -0.3 is 0 Å². The molecule has 0 unspecified atom stereocenters. The number of nitrogens with zero attached hydrogens (tertiary/aromatic N) is 1. The third-order valence-corrected chi connectivity index (χ3v) is 0.808. The molecule has 0 radical (unpaired) electrons. The van der Waals surface area contributed by atoms with Crippen LogP contribution in [0.25, 0.3) is 0 Å². The standard InChI is InChI=1S/C5H5N3.2ClH.Fe/c6-4-2-1-3-8-5(4)7;;;/h1-3,6-7H;2*1H;/q;;;+2/p-2. The Balaban J connectivity index is 0.000000292. The topological polar surface area (TPSA) is 60.1 Å². The molecule has 0 saturated heterocycles. The van der Waals surface area contributed by atoms with Gasteiger partial charge in [-0.05, 0) is 12.2 Å². The second-order valence-electron chi connectivity index (χ2n) is 1.45. The second-order valence-corrected chi connectivity index (χ2v) is 3.27. The minimum absolute atomic E-state index is 0.0347. The molecule has 0 spiro atoms. The van der Waals surface area contributed by atoms with Gasteiger partial charge in [0.1, 0.15) is 0 Å². The third kappa shape index (κ3) is 5.16. The van der Waals surface area contributed by atoms with Crippen molar-refractivity contribution in [2.45, 2.75) is 0 Å². The predicted molar refractivity (Wildman–Crippen MR) is 44.8 cm³/mol. The number of dihydropyridines is 1. The first kappa shape index (κ1) is 10.8. The van der Waals surface area contributed by atoms with Crippen molar-refractivity contribution in [2.75, 3.05) is 0 Å². The predicted octanol–water partition coefficient (Wildman–Crippen LogP) is 2.00. The van der Waals surface area contributed by atoms with E-state index in [4.69, 9.17) is 31.0 Å². The van der Waals surface area contributed by atoms with E-state index in [1.165, 1.54) is 12.3 Å². The van der Waals surface area contributed by atoms with E-state index >= 15 is 0 Å². The van der Waals surface area contributed by atoms with E-state index < -0.39 is 0 Å². The van der Waals surface area contributed by atoms with Gasteiger partial charge >= 0.3 is 33.3 Å². The van der Waals surface area contributed by atoms with E-state index in [2.05, 4.69) is 4.99 Å². The van der Waals surface area contributed by atoms with Crippen LogP contribution in [0, 0.1) is 10.8 Å². The van der Waals surface area contributed by atoms with E-state index in [1.807, 2.05) is 0 Å². The average molecular weight is 234 g/mol. The van der Waals surface area contributed by atoms with Crippen LogP contribution >= 0.6 is 20.2 Å². The molecule has 62 valence electrons. The summed E-state index contributed by atoms with van der Waals surface area (Å²) < 4.78 is 0. The fourth-order valence-corrected chi connectivity index (χ4v) is 0.405. The monoisotopic (exact) mass is 233 g/mol. The fourth-order valence-electron chi connectivity index (χ4n) is 0.405. The molecule has 0 atom stereocenters. The number of aliphatic imine (C=N–C) groups is 1. The van der Waals surface area contributed by atoms with Gasteiger partial charge in [-0.1, -0.05) is 0 Å². The number of rotatable bonds is 0. The van der Waals surface area contributed by atoms with Gasteiger partial charge in [0.15, 0.2) is 5.84 Å². The molecule has 0 bridgehead atoms. The van der Waals surface area contributed by atoms with Gasteiger partial charge in [0, 0.05) is 6.21 Å². The molecule has 0 fully saturated rings. The van der Waals surface area contributed by atoms with Crippen LogP contribution in [-0.4, -0.2) is 17.8 Å². The zero-order valence-electron chi connectivity index (χ0n) is 5.29. The van der Waals surface area contributed by atoms with Gasteiger partial charge in [-0.15, -0.1) is 0 Å². The Morgan fingerprint density at radius 1 is 1.36 bits per heavy atom. The molecule has 1 aliphatic rings. The van der Waals surface area contributed by atoms with Crippen molar-refractivity contribution in [3.05, 3.63) is 12.2 Å². The summed E-state index contributed by atoms with van der Waals surface area (Å²) in [4.78, 5) is 3.56. The first-order valence-electron chi connectivity index (χ1n) is 2.45. The normalized spacial score (nSPS) is 14.7. The molecule has 1 heterocycles. The molecular weight excluding hydrogens is 229 g/mol. The van der Waals surface area contributed by atoms with Crippen LogP contribution < -0.4 is 0 Å². The van der Waals surface area contributed by atoms with Gasteiger partial charge in [0.2, 0.25) is 0 Å². The van der Waals surface area contributed by atoms with Crippen LogP contribution in [0.2, 0.25) is 0 Å². The molecule has 6 heteroatoms. The second kappa shape index (κ2) is 6.55. The SMILES string of the molecule is N=C1C=CC=NC1=N.[Cl][Fe][Cl]. The van der Waals surface area contributed by atoms with Crippen molar-refractivity contribution in [3.8, 4) is 0 Å². The van der Waals surface area contributed by atoms with Crippen LogP contribution in [0.5, 0.6) is 0 Å². The van der Waals surface area contributed by atoms with Crippen LogP contribution in [0.1, 0.15) is 0 Å². The Hall–Kier alpha value is -0.151. The molecule has 0 amide bonds. The van der Waals surface area contributed by atoms with Gasteiger partial charge in [0.05, 0.1) is 5.71 Å².